The number of para-hydroxylation sites is 1. The molecular weight excluding hydrogens is 298 g/mol. The van der Waals surface area contributed by atoms with Crippen LogP contribution in [-0.4, -0.2) is 0 Å². The Kier molecular flexibility index (Phi) is 4.31. The van der Waals surface area contributed by atoms with Crippen LogP contribution in [0.2, 0.25) is 0 Å². The summed E-state index contributed by atoms with van der Waals surface area (Å²) in [6.07, 6.45) is 3.72. The van der Waals surface area contributed by atoms with Gasteiger partial charge < -0.3 is 4.42 Å². The number of rotatable bonds is 3. The first kappa shape index (κ1) is 15.8. The van der Waals surface area contributed by atoms with Crippen LogP contribution < -0.4 is 5.63 Å². The summed E-state index contributed by atoms with van der Waals surface area (Å²) in [7, 11) is 0. The van der Waals surface area contributed by atoms with Crippen molar-refractivity contribution in [3.8, 4) is 6.07 Å². The maximum atomic E-state index is 12.0. The zero-order valence-electron chi connectivity index (χ0n) is 13.6. The second kappa shape index (κ2) is 6.55. The van der Waals surface area contributed by atoms with Crippen molar-refractivity contribution in [2.45, 2.75) is 19.8 Å². The van der Waals surface area contributed by atoms with Crippen LogP contribution in [0.4, 0.5) is 0 Å². The highest BCUT2D eigenvalue weighted by atomic mass is 16.4. The van der Waals surface area contributed by atoms with Gasteiger partial charge in [0.05, 0.1) is 0 Å². The molecule has 118 valence electrons. The van der Waals surface area contributed by atoms with Gasteiger partial charge in [0, 0.05) is 10.9 Å². The summed E-state index contributed by atoms with van der Waals surface area (Å²) in [4.78, 5) is 12.0. The van der Waals surface area contributed by atoms with Gasteiger partial charge in [0.2, 0.25) is 0 Å². The predicted molar refractivity (Wildman–Crippen MR) is 96.7 cm³/mol. The van der Waals surface area contributed by atoms with Gasteiger partial charge in [-0.05, 0) is 23.1 Å². The molecule has 0 N–H and O–H groups in total. The molecule has 1 heterocycles. The summed E-state index contributed by atoms with van der Waals surface area (Å²) < 4.78 is 5.21. The lowest BCUT2D eigenvalue weighted by Gasteiger charge is -2.05. The van der Waals surface area contributed by atoms with E-state index in [-0.39, 0.29) is 5.56 Å². The summed E-state index contributed by atoms with van der Waals surface area (Å²) in [6.45, 7) is 4.30. The normalized spacial score (nSPS) is 11.2. The summed E-state index contributed by atoms with van der Waals surface area (Å²) in [6, 6.07) is 17.4. The molecular formula is C21H17NO2. The minimum atomic E-state index is -0.606. The maximum Gasteiger partial charge on any atom is 0.354 e. The van der Waals surface area contributed by atoms with Crippen LogP contribution in [0, 0.1) is 11.3 Å². The lowest BCUT2D eigenvalue weighted by molar-refractivity contribution is 0.558. The number of hydrogen-bond acceptors (Lipinski definition) is 3. The van der Waals surface area contributed by atoms with E-state index >= 15 is 0 Å². The molecule has 1 aromatic heterocycles. The van der Waals surface area contributed by atoms with E-state index in [4.69, 9.17) is 4.42 Å². The van der Waals surface area contributed by atoms with Gasteiger partial charge in [0.25, 0.3) is 0 Å². The Hall–Kier alpha value is -3.12. The summed E-state index contributed by atoms with van der Waals surface area (Å²) in [5.74, 6) is 0.482. The third-order valence-electron chi connectivity index (χ3n) is 4.01. The molecule has 3 rings (SSSR count). The Balaban J connectivity index is 2.09. The van der Waals surface area contributed by atoms with Crippen LogP contribution in [0.1, 0.15) is 42.0 Å². The monoisotopic (exact) mass is 315 g/mol. The molecule has 24 heavy (non-hydrogen) atoms. The molecule has 0 amide bonds. The summed E-state index contributed by atoms with van der Waals surface area (Å²) in [5.41, 5.74) is 2.79. The van der Waals surface area contributed by atoms with Crippen molar-refractivity contribution < 1.29 is 4.42 Å². The molecule has 3 nitrogen and oxygen atoms in total. The molecule has 3 aromatic rings. The molecule has 3 heteroatoms. The van der Waals surface area contributed by atoms with Crippen molar-refractivity contribution in [3.05, 3.63) is 81.2 Å². The Morgan fingerprint density at radius 1 is 1.04 bits per heavy atom. The van der Waals surface area contributed by atoms with E-state index in [0.717, 1.165) is 10.9 Å². The van der Waals surface area contributed by atoms with Crippen molar-refractivity contribution in [1.29, 1.82) is 5.26 Å². The lowest BCUT2D eigenvalue weighted by atomic mass is 10.0. The third kappa shape index (κ3) is 3.00. The Morgan fingerprint density at radius 2 is 1.75 bits per heavy atom. The van der Waals surface area contributed by atoms with Gasteiger partial charge in [-0.15, -0.1) is 0 Å². The van der Waals surface area contributed by atoms with E-state index in [1.165, 1.54) is 5.56 Å². The fourth-order valence-electron chi connectivity index (χ4n) is 2.62. The van der Waals surface area contributed by atoms with Crippen LogP contribution in [0.5, 0.6) is 0 Å². The Labute approximate surface area is 140 Å². The number of fused-ring (bicyclic) bond motifs is 1. The molecule has 0 fully saturated rings. The van der Waals surface area contributed by atoms with Crippen molar-refractivity contribution in [2.75, 3.05) is 0 Å². The second-order valence-electron chi connectivity index (χ2n) is 5.94. The predicted octanol–water partition coefficient (Wildman–Crippen LogP) is 4.96. The first-order chi connectivity index (χ1) is 11.6. The summed E-state index contributed by atoms with van der Waals surface area (Å²) in [5, 5.41) is 10.1. The highest BCUT2D eigenvalue weighted by Gasteiger charge is 2.11. The SMILES string of the molecule is CC(C)c1ccc(C=Cc2c(C#N)c(=O)oc3ccccc23)cc1. The van der Waals surface area contributed by atoms with Crippen molar-refractivity contribution in [3.63, 3.8) is 0 Å². The molecule has 0 spiro atoms. The lowest BCUT2D eigenvalue weighted by Crippen LogP contribution is -2.06. The molecule has 0 unspecified atom stereocenters. The van der Waals surface area contributed by atoms with Gasteiger partial charge in [0.1, 0.15) is 17.2 Å². The molecule has 2 aromatic carbocycles. The minimum absolute atomic E-state index is 0.0313. The van der Waals surface area contributed by atoms with Crippen molar-refractivity contribution in [2.24, 2.45) is 0 Å². The average molecular weight is 315 g/mol. The van der Waals surface area contributed by atoms with E-state index in [2.05, 4.69) is 26.0 Å². The van der Waals surface area contributed by atoms with Gasteiger partial charge in [-0.25, -0.2) is 4.79 Å². The average Bonchev–Trinajstić information content (AvgIpc) is 2.59. The molecule has 0 radical (unpaired) electrons. The van der Waals surface area contributed by atoms with Crippen LogP contribution in [0.25, 0.3) is 23.1 Å². The Bertz CT molecular complexity index is 1000. The Morgan fingerprint density at radius 3 is 2.42 bits per heavy atom. The van der Waals surface area contributed by atoms with Gasteiger partial charge in [-0.3, -0.25) is 0 Å². The number of benzene rings is 2. The molecule has 0 saturated carbocycles. The van der Waals surface area contributed by atoms with E-state index in [9.17, 15) is 10.1 Å². The van der Waals surface area contributed by atoms with E-state index in [0.29, 0.717) is 17.1 Å². The van der Waals surface area contributed by atoms with Crippen molar-refractivity contribution >= 4 is 23.1 Å². The highest BCUT2D eigenvalue weighted by molar-refractivity contribution is 5.91. The van der Waals surface area contributed by atoms with Crippen LogP contribution in [0.3, 0.4) is 0 Å². The standard InChI is InChI=1S/C21H17NO2/c1-14(2)16-10-7-15(8-11-16)9-12-17-18-5-3-4-6-20(18)24-21(23)19(17)13-22/h3-12,14H,1-2H3. The second-order valence-corrected chi connectivity index (χ2v) is 5.94. The molecule has 0 bridgehead atoms. The smallest absolute Gasteiger partial charge is 0.354 e. The molecule has 0 aliphatic rings. The van der Waals surface area contributed by atoms with Crippen LogP contribution in [0.15, 0.2) is 57.7 Å². The number of nitriles is 1. The third-order valence-corrected chi connectivity index (χ3v) is 4.01. The van der Waals surface area contributed by atoms with E-state index < -0.39 is 5.63 Å². The number of hydrogen-bond donors (Lipinski definition) is 0. The van der Waals surface area contributed by atoms with E-state index in [1.807, 2.05) is 42.5 Å². The maximum absolute atomic E-state index is 12.0. The summed E-state index contributed by atoms with van der Waals surface area (Å²) >= 11 is 0. The van der Waals surface area contributed by atoms with Gasteiger partial charge in [-0.2, -0.15) is 5.26 Å². The van der Waals surface area contributed by atoms with Gasteiger partial charge in [-0.1, -0.05) is 68.5 Å². The molecule has 0 aliphatic carbocycles. The van der Waals surface area contributed by atoms with Crippen LogP contribution >= 0.6 is 0 Å². The fourth-order valence-corrected chi connectivity index (χ4v) is 2.62. The first-order valence-electron chi connectivity index (χ1n) is 7.84. The highest BCUT2D eigenvalue weighted by Crippen LogP contribution is 2.22. The molecule has 0 aliphatic heterocycles. The zero-order valence-corrected chi connectivity index (χ0v) is 13.6. The molecule has 0 atom stereocenters. The first-order valence-corrected chi connectivity index (χ1v) is 7.84. The minimum Gasteiger partial charge on any atom is -0.422 e. The van der Waals surface area contributed by atoms with Crippen molar-refractivity contribution in [1.82, 2.24) is 0 Å². The topological polar surface area (TPSA) is 54.0 Å². The van der Waals surface area contributed by atoms with E-state index in [1.54, 1.807) is 12.1 Å². The number of nitrogens with zero attached hydrogens (tertiary/aromatic N) is 1. The zero-order chi connectivity index (χ0) is 17.1. The quantitative estimate of drug-likeness (QED) is 0.642. The van der Waals surface area contributed by atoms with Gasteiger partial charge >= 0.3 is 5.63 Å². The fraction of sp³-hybridized carbons (Fsp3) is 0.143. The largest absolute Gasteiger partial charge is 0.422 e. The van der Waals surface area contributed by atoms with Gasteiger partial charge in [0.15, 0.2) is 0 Å². The molecule has 0 saturated heterocycles. The van der Waals surface area contributed by atoms with Crippen LogP contribution in [-0.2, 0) is 0 Å².